The zero-order valence-electron chi connectivity index (χ0n) is 15.0. The first-order valence-electron chi connectivity index (χ1n) is 8.21. The van der Waals surface area contributed by atoms with Gasteiger partial charge in [-0.1, -0.05) is 30.3 Å². The van der Waals surface area contributed by atoms with Crippen molar-refractivity contribution in [1.29, 1.82) is 0 Å². The van der Waals surface area contributed by atoms with E-state index in [9.17, 15) is 0 Å². The van der Waals surface area contributed by atoms with Crippen molar-refractivity contribution in [3.8, 4) is 0 Å². The minimum atomic E-state index is -0.493. The Bertz CT molecular complexity index is 690. The monoisotopic (exact) mass is 325 g/mol. The standard InChI is InChI=1S/C18H24BN3O2/c1-17(2)18(3,4)24-19(23-17)15-11-20-12-16(21-15)22(5)13-14-9-7-6-8-10-14/h6-12H,13H2,1-5H3. The highest BCUT2D eigenvalue weighted by Crippen LogP contribution is 2.36. The van der Waals surface area contributed by atoms with E-state index in [4.69, 9.17) is 14.3 Å². The summed E-state index contributed by atoms with van der Waals surface area (Å²) in [5, 5.41) is 0. The highest BCUT2D eigenvalue weighted by molar-refractivity contribution is 6.61. The van der Waals surface area contributed by atoms with Gasteiger partial charge in [0.05, 0.1) is 23.0 Å². The molecule has 0 N–H and O–H groups in total. The van der Waals surface area contributed by atoms with Gasteiger partial charge < -0.3 is 14.2 Å². The molecule has 0 spiro atoms. The van der Waals surface area contributed by atoms with Crippen LogP contribution in [0.3, 0.4) is 0 Å². The Kier molecular flexibility index (Phi) is 4.36. The van der Waals surface area contributed by atoms with Crippen molar-refractivity contribution >= 4 is 18.5 Å². The maximum absolute atomic E-state index is 6.06. The van der Waals surface area contributed by atoms with Gasteiger partial charge in [0.2, 0.25) is 0 Å². The molecular formula is C18H24BN3O2. The Morgan fingerprint density at radius 3 is 2.25 bits per heavy atom. The quantitative estimate of drug-likeness (QED) is 0.808. The molecule has 0 aliphatic carbocycles. The van der Waals surface area contributed by atoms with Gasteiger partial charge in [-0.15, -0.1) is 0 Å². The van der Waals surface area contributed by atoms with Crippen LogP contribution in [0.15, 0.2) is 42.7 Å². The third-order valence-corrected chi connectivity index (χ3v) is 4.79. The predicted octanol–water partition coefficient (Wildman–Crippen LogP) is 2.41. The second-order valence-corrected chi connectivity index (χ2v) is 7.23. The Morgan fingerprint density at radius 2 is 1.62 bits per heavy atom. The lowest BCUT2D eigenvalue weighted by atomic mass is 9.85. The maximum atomic E-state index is 6.06. The topological polar surface area (TPSA) is 47.5 Å². The molecular weight excluding hydrogens is 301 g/mol. The van der Waals surface area contributed by atoms with Crippen LogP contribution < -0.4 is 10.5 Å². The van der Waals surface area contributed by atoms with Crippen molar-refractivity contribution in [2.45, 2.75) is 45.4 Å². The van der Waals surface area contributed by atoms with Crippen molar-refractivity contribution in [3.63, 3.8) is 0 Å². The lowest BCUT2D eigenvalue weighted by Gasteiger charge is -2.32. The minimum Gasteiger partial charge on any atom is -0.398 e. The molecule has 0 saturated carbocycles. The van der Waals surface area contributed by atoms with Crippen LogP contribution in [0.4, 0.5) is 5.82 Å². The molecule has 1 aromatic carbocycles. The van der Waals surface area contributed by atoms with Crippen molar-refractivity contribution < 1.29 is 9.31 Å². The summed E-state index contributed by atoms with van der Waals surface area (Å²) in [6, 6.07) is 10.3. The molecule has 2 aromatic rings. The van der Waals surface area contributed by atoms with Gasteiger partial charge in [-0.2, -0.15) is 0 Å². The first-order valence-corrected chi connectivity index (χ1v) is 8.21. The molecule has 0 unspecified atom stereocenters. The summed E-state index contributed by atoms with van der Waals surface area (Å²) in [4.78, 5) is 11.1. The number of rotatable bonds is 4. The van der Waals surface area contributed by atoms with Gasteiger partial charge in [-0.3, -0.25) is 4.98 Å². The molecule has 1 fully saturated rings. The summed E-state index contributed by atoms with van der Waals surface area (Å²) in [5.41, 5.74) is 1.16. The first-order chi connectivity index (χ1) is 11.3. The van der Waals surface area contributed by atoms with Gasteiger partial charge in [-0.05, 0) is 33.3 Å². The molecule has 3 rings (SSSR count). The second kappa shape index (κ2) is 6.18. The average Bonchev–Trinajstić information content (AvgIpc) is 2.76. The molecule has 0 bridgehead atoms. The van der Waals surface area contributed by atoms with Crippen molar-refractivity contribution in [1.82, 2.24) is 9.97 Å². The Hall–Kier alpha value is -1.92. The van der Waals surface area contributed by atoms with E-state index in [1.807, 2.05) is 52.9 Å². The van der Waals surface area contributed by atoms with E-state index < -0.39 is 7.12 Å². The SMILES string of the molecule is CN(Cc1ccccc1)c1cncc(B2OC(C)(C)C(C)(C)O2)n1. The fraction of sp³-hybridized carbons (Fsp3) is 0.444. The summed E-state index contributed by atoms with van der Waals surface area (Å²) >= 11 is 0. The van der Waals surface area contributed by atoms with Gasteiger partial charge in [0.15, 0.2) is 0 Å². The maximum Gasteiger partial charge on any atom is 0.516 e. The fourth-order valence-electron chi connectivity index (χ4n) is 2.57. The van der Waals surface area contributed by atoms with Crippen LogP contribution in [0.2, 0.25) is 0 Å². The van der Waals surface area contributed by atoms with Crippen molar-refractivity contribution in [2.24, 2.45) is 0 Å². The number of aromatic nitrogens is 2. The van der Waals surface area contributed by atoms with Crippen LogP contribution in [0.1, 0.15) is 33.3 Å². The molecule has 1 aliphatic heterocycles. The zero-order valence-corrected chi connectivity index (χ0v) is 15.0. The van der Waals surface area contributed by atoms with Gasteiger partial charge in [0.25, 0.3) is 0 Å². The first kappa shape index (κ1) is 16.9. The van der Waals surface area contributed by atoms with E-state index in [1.165, 1.54) is 5.56 Å². The van der Waals surface area contributed by atoms with Crippen molar-refractivity contribution in [2.75, 3.05) is 11.9 Å². The summed E-state index contributed by atoms with van der Waals surface area (Å²) in [6.07, 6.45) is 3.47. The zero-order chi connectivity index (χ0) is 17.4. The summed E-state index contributed by atoms with van der Waals surface area (Å²) in [6.45, 7) is 8.90. The average molecular weight is 325 g/mol. The smallest absolute Gasteiger partial charge is 0.398 e. The Balaban J connectivity index is 1.78. The molecule has 0 atom stereocenters. The Morgan fingerprint density at radius 1 is 1.00 bits per heavy atom. The van der Waals surface area contributed by atoms with E-state index >= 15 is 0 Å². The molecule has 0 radical (unpaired) electrons. The number of hydrogen-bond acceptors (Lipinski definition) is 5. The van der Waals surface area contributed by atoms with Gasteiger partial charge in [0, 0.05) is 19.8 Å². The molecule has 1 saturated heterocycles. The van der Waals surface area contributed by atoms with E-state index in [-0.39, 0.29) is 11.2 Å². The van der Waals surface area contributed by atoms with E-state index in [0.29, 0.717) is 5.59 Å². The number of hydrogen-bond donors (Lipinski definition) is 0. The highest BCUT2D eigenvalue weighted by Gasteiger charge is 2.52. The van der Waals surface area contributed by atoms with Crippen LogP contribution in [0.5, 0.6) is 0 Å². The lowest BCUT2D eigenvalue weighted by molar-refractivity contribution is 0.00578. The molecule has 0 amide bonds. The highest BCUT2D eigenvalue weighted by atomic mass is 16.7. The van der Waals surface area contributed by atoms with E-state index in [2.05, 4.69) is 22.0 Å². The third-order valence-electron chi connectivity index (χ3n) is 4.79. The molecule has 24 heavy (non-hydrogen) atoms. The van der Waals surface area contributed by atoms with Crippen LogP contribution in [-0.4, -0.2) is 35.3 Å². The predicted molar refractivity (Wildman–Crippen MR) is 96.3 cm³/mol. The summed E-state index contributed by atoms with van der Waals surface area (Å²) in [7, 11) is 1.51. The van der Waals surface area contributed by atoms with E-state index in [1.54, 1.807) is 12.4 Å². The molecule has 126 valence electrons. The normalized spacial score (nSPS) is 18.6. The number of anilines is 1. The summed E-state index contributed by atoms with van der Waals surface area (Å²) in [5.74, 6) is 0.797. The van der Waals surface area contributed by atoms with Gasteiger partial charge in [0.1, 0.15) is 5.82 Å². The van der Waals surface area contributed by atoms with Crippen LogP contribution in [-0.2, 0) is 15.9 Å². The minimum absolute atomic E-state index is 0.384. The third kappa shape index (κ3) is 3.30. The van der Waals surface area contributed by atoms with Crippen LogP contribution in [0.25, 0.3) is 0 Å². The van der Waals surface area contributed by atoms with E-state index in [0.717, 1.165) is 12.4 Å². The number of benzene rings is 1. The molecule has 1 aromatic heterocycles. The van der Waals surface area contributed by atoms with Crippen LogP contribution >= 0.6 is 0 Å². The molecule has 1 aliphatic rings. The summed E-state index contributed by atoms with van der Waals surface area (Å²) < 4.78 is 12.1. The fourth-order valence-corrected chi connectivity index (χ4v) is 2.57. The molecule has 6 heteroatoms. The van der Waals surface area contributed by atoms with Gasteiger partial charge in [-0.25, -0.2) is 4.98 Å². The Labute approximate surface area is 144 Å². The number of nitrogens with zero attached hydrogens (tertiary/aromatic N) is 3. The van der Waals surface area contributed by atoms with Crippen LogP contribution in [0, 0.1) is 0 Å². The second-order valence-electron chi connectivity index (χ2n) is 7.23. The lowest BCUT2D eigenvalue weighted by Crippen LogP contribution is -2.41. The molecule has 5 nitrogen and oxygen atoms in total. The molecule has 2 heterocycles. The van der Waals surface area contributed by atoms with Gasteiger partial charge >= 0.3 is 7.12 Å². The largest absolute Gasteiger partial charge is 0.516 e. The van der Waals surface area contributed by atoms with Crippen molar-refractivity contribution in [3.05, 3.63) is 48.3 Å².